The summed E-state index contributed by atoms with van der Waals surface area (Å²) in [6.07, 6.45) is 2.41. The number of alkyl halides is 3. The summed E-state index contributed by atoms with van der Waals surface area (Å²) in [6, 6.07) is 3.01. The molecule has 1 aromatic carbocycles. The summed E-state index contributed by atoms with van der Waals surface area (Å²) >= 11 is 1.83. The van der Waals surface area contributed by atoms with Crippen molar-refractivity contribution >= 4 is 17.6 Å². The van der Waals surface area contributed by atoms with Gasteiger partial charge in [0.2, 0.25) is 0 Å². The van der Waals surface area contributed by atoms with E-state index < -0.39 is 17.6 Å². The van der Waals surface area contributed by atoms with Crippen LogP contribution in [0.4, 0.5) is 17.6 Å². The Hall–Kier alpha value is -2.20. The zero-order valence-corrected chi connectivity index (χ0v) is 18.4. The van der Waals surface area contributed by atoms with E-state index in [0.29, 0.717) is 17.5 Å². The first kappa shape index (κ1) is 21.6. The summed E-state index contributed by atoms with van der Waals surface area (Å²) in [5, 5.41) is 3.43. The maximum Gasteiger partial charge on any atom is 0.416 e. The predicted octanol–water partition coefficient (Wildman–Crippen LogP) is 3.31. The van der Waals surface area contributed by atoms with Gasteiger partial charge in [0.15, 0.2) is 0 Å². The quantitative estimate of drug-likeness (QED) is 0.385. The fourth-order valence-corrected chi connectivity index (χ4v) is 6.02. The molecule has 1 unspecified atom stereocenters. The summed E-state index contributed by atoms with van der Waals surface area (Å²) in [5.74, 6) is 1.60. The topological polar surface area (TPSA) is 44.1 Å². The summed E-state index contributed by atoms with van der Waals surface area (Å²) in [6.45, 7) is 2.52. The van der Waals surface area contributed by atoms with Crippen molar-refractivity contribution in [3.05, 3.63) is 59.4 Å². The molecule has 2 fully saturated rings. The van der Waals surface area contributed by atoms with Crippen molar-refractivity contribution in [1.82, 2.24) is 20.2 Å². The number of likely N-dealkylation sites (tertiary alicyclic amines) is 1. The van der Waals surface area contributed by atoms with E-state index in [2.05, 4.69) is 24.8 Å². The van der Waals surface area contributed by atoms with Gasteiger partial charge in [0.25, 0.3) is 11.3 Å². The maximum atomic E-state index is 14.5. The summed E-state index contributed by atoms with van der Waals surface area (Å²) in [7, 11) is 2.03. The van der Waals surface area contributed by atoms with E-state index in [9.17, 15) is 17.6 Å². The minimum atomic E-state index is -4.52. The summed E-state index contributed by atoms with van der Waals surface area (Å²) in [5.41, 5.74) is 0.391. The molecule has 1 saturated heterocycles. The van der Waals surface area contributed by atoms with Crippen molar-refractivity contribution in [2.75, 3.05) is 32.4 Å². The normalized spacial score (nSPS) is 27.2. The average molecular weight is 467 g/mol. The second-order valence-corrected chi connectivity index (χ2v) is 9.98. The molecule has 2 aliphatic heterocycles. The van der Waals surface area contributed by atoms with E-state index in [1.165, 1.54) is 12.4 Å². The molecule has 5 rings (SSSR count). The number of aromatic nitrogens is 2. The summed E-state index contributed by atoms with van der Waals surface area (Å²) < 4.78 is 55.2. The lowest BCUT2D eigenvalue weighted by Gasteiger charge is -2.26. The SMILES string of the molecule is C[N+]1=C(c2cncnc2)NC1SCCCN1C[C@@H]2C[C@]2(c2ccc(C(F)(F)F)cc2F)C1. The highest BCUT2D eigenvalue weighted by Crippen LogP contribution is 2.59. The molecule has 32 heavy (non-hydrogen) atoms. The Bertz CT molecular complexity index is 1040. The zero-order valence-electron chi connectivity index (χ0n) is 17.6. The lowest BCUT2D eigenvalue weighted by Crippen LogP contribution is -2.56. The van der Waals surface area contributed by atoms with Crippen molar-refractivity contribution in [2.24, 2.45) is 5.92 Å². The molecule has 1 N–H and O–H groups in total. The van der Waals surface area contributed by atoms with Gasteiger partial charge in [-0.25, -0.2) is 24.3 Å². The number of fused-ring (bicyclic) bond motifs is 1. The largest absolute Gasteiger partial charge is 0.416 e. The second-order valence-electron chi connectivity index (χ2n) is 8.79. The Kier molecular flexibility index (Phi) is 5.40. The van der Waals surface area contributed by atoms with Crippen LogP contribution in [0, 0.1) is 11.7 Å². The maximum absolute atomic E-state index is 14.5. The molecule has 10 heteroatoms. The number of nitrogens with one attached hydrogen (secondary N) is 1. The third-order valence-electron chi connectivity index (χ3n) is 6.74. The molecule has 3 aliphatic rings. The van der Waals surface area contributed by atoms with Crippen LogP contribution >= 0.6 is 11.8 Å². The minimum absolute atomic E-state index is 0.213. The number of hydrogen-bond acceptors (Lipinski definition) is 5. The van der Waals surface area contributed by atoms with Crippen LogP contribution in [-0.2, 0) is 11.6 Å². The molecule has 1 aliphatic carbocycles. The second kappa shape index (κ2) is 7.98. The first-order valence-corrected chi connectivity index (χ1v) is 11.7. The predicted molar refractivity (Wildman–Crippen MR) is 114 cm³/mol. The Morgan fingerprint density at radius 3 is 2.75 bits per heavy atom. The standard InChI is InChI=1S/C22H23F4N5S/c1-30-19(14-9-27-13-28-10-14)29-20(30)32-6-2-5-31-11-16-8-21(16,12-31)17-4-3-15(7-18(17)23)22(24,25)26/h3-4,7,9-10,13,16,20H,2,5-6,8,11-12H2,1H3/p+1/t16-,20?,21-/m0/s1. The third-order valence-corrected chi connectivity index (χ3v) is 8.02. The van der Waals surface area contributed by atoms with Gasteiger partial charge in [-0.15, -0.1) is 0 Å². The molecule has 1 saturated carbocycles. The number of hydrogen-bond donors (Lipinski definition) is 1. The van der Waals surface area contributed by atoms with E-state index in [0.717, 1.165) is 55.7 Å². The van der Waals surface area contributed by atoms with Crippen LogP contribution in [0.5, 0.6) is 0 Å². The number of thioether (sulfide) groups is 1. The van der Waals surface area contributed by atoms with Crippen LogP contribution in [0.15, 0.2) is 36.9 Å². The lowest BCUT2D eigenvalue weighted by molar-refractivity contribution is -0.546. The van der Waals surface area contributed by atoms with E-state index in [-0.39, 0.29) is 10.9 Å². The summed E-state index contributed by atoms with van der Waals surface area (Å²) in [4.78, 5) is 10.4. The van der Waals surface area contributed by atoms with E-state index in [1.807, 2.05) is 18.8 Å². The van der Waals surface area contributed by atoms with Crippen molar-refractivity contribution < 1.29 is 22.1 Å². The van der Waals surface area contributed by atoms with Crippen molar-refractivity contribution in [1.29, 1.82) is 0 Å². The molecule has 0 spiro atoms. The molecule has 2 aromatic rings. The number of piperidine rings is 1. The van der Waals surface area contributed by atoms with Gasteiger partial charge in [0, 0.05) is 36.7 Å². The molecule has 170 valence electrons. The zero-order chi connectivity index (χ0) is 22.5. The monoisotopic (exact) mass is 466 g/mol. The molecule has 1 aromatic heterocycles. The van der Waals surface area contributed by atoms with E-state index >= 15 is 0 Å². The number of nitrogens with zero attached hydrogens (tertiary/aromatic N) is 4. The number of benzene rings is 1. The molecule has 0 amide bonds. The lowest BCUT2D eigenvalue weighted by atomic mass is 9.93. The Labute approximate surface area is 187 Å². The average Bonchev–Trinajstić information content (AvgIpc) is 3.33. The fourth-order valence-electron chi connectivity index (χ4n) is 4.98. The number of amidine groups is 1. The number of rotatable bonds is 7. The molecular formula is C22H24F4N5S+. The van der Waals surface area contributed by atoms with Gasteiger partial charge >= 0.3 is 6.18 Å². The van der Waals surface area contributed by atoms with Gasteiger partial charge in [-0.2, -0.15) is 13.2 Å². The van der Waals surface area contributed by atoms with Crippen LogP contribution in [0.2, 0.25) is 0 Å². The van der Waals surface area contributed by atoms with Gasteiger partial charge in [0.05, 0.1) is 12.6 Å². The smallest absolute Gasteiger partial charge is 0.302 e. The van der Waals surface area contributed by atoms with Gasteiger partial charge in [-0.05, 0) is 43.0 Å². The van der Waals surface area contributed by atoms with Crippen molar-refractivity contribution in [2.45, 2.75) is 29.9 Å². The third kappa shape index (κ3) is 3.87. The highest BCUT2D eigenvalue weighted by molar-refractivity contribution is 7.99. The Morgan fingerprint density at radius 2 is 2.06 bits per heavy atom. The fraction of sp³-hybridized carbons (Fsp3) is 0.500. The van der Waals surface area contributed by atoms with Crippen LogP contribution in [-0.4, -0.2) is 63.2 Å². The van der Waals surface area contributed by atoms with E-state index in [1.54, 1.807) is 12.4 Å². The van der Waals surface area contributed by atoms with Gasteiger partial charge in [0.1, 0.15) is 17.7 Å². The van der Waals surface area contributed by atoms with Crippen LogP contribution < -0.4 is 5.32 Å². The minimum Gasteiger partial charge on any atom is -0.302 e. The van der Waals surface area contributed by atoms with Crippen molar-refractivity contribution in [3.63, 3.8) is 0 Å². The number of halogens is 4. The molecule has 5 nitrogen and oxygen atoms in total. The van der Waals surface area contributed by atoms with Gasteiger partial charge in [-0.3, -0.25) is 0 Å². The Morgan fingerprint density at radius 1 is 1.28 bits per heavy atom. The Balaban J connectivity index is 1.11. The highest BCUT2D eigenvalue weighted by Gasteiger charge is 2.61. The molecular weight excluding hydrogens is 442 g/mol. The molecule has 0 bridgehead atoms. The van der Waals surface area contributed by atoms with Gasteiger partial charge in [-0.1, -0.05) is 17.8 Å². The van der Waals surface area contributed by atoms with Gasteiger partial charge < -0.3 is 4.90 Å². The molecule has 0 radical (unpaired) electrons. The first-order chi connectivity index (χ1) is 15.3. The first-order valence-electron chi connectivity index (χ1n) is 10.6. The van der Waals surface area contributed by atoms with Crippen LogP contribution in [0.3, 0.4) is 0 Å². The molecule has 3 atom stereocenters. The highest BCUT2D eigenvalue weighted by atomic mass is 32.2. The van der Waals surface area contributed by atoms with Crippen LogP contribution in [0.1, 0.15) is 29.5 Å². The molecule has 3 heterocycles. The van der Waals surface area contributed by atoms with E-state index in [4.69, 9.17) is 0 Å². The van der Waals surface area contributed by atoms with Crippen LogP contribution in [0.25, 0.3) is 0 Å². The van der Waals surface area contributed by atoms with Crippen molar-refractivity contribution in [3.8, 4) is 0 Å².